The molecule has 1 aromatic heterocycles. The number of aromatic nitrogens is 4. The zero-order chi connectivity index (χ0) is 17.3. The van der Waals surface area contributed by atoms with Crippen LogP contribution in [0.2, 0.25) is 0 Å². The third-order valence-corrected chi connectivity index (χ3v) is 4.60. The summed E-state index contributed by atoms with van der Waals surface area (Å²) in [5.41, 5.74) is 2.40. The average molecular weight is 392 g/mol. The lowest BCUT2D eigenvalue weighted by Crippen LogP contribution is -2.16. The zero-order valence-electron chi connectivity index (χ0n) is 14.5. The van der Waals surface area contributed by atoms with Crippen molar-refractivity contribution < 1.29 is 4.74 Å². The van der Waals surface area contributed by atoms with Crippen molar-refractivity contribution in [3.8, 4) is 5.75 Å². The van der Waals surface area contributed by atoms with Crippen LogP contribution in [0, 0.1) is 0 Å². The Labute approximate surface area is 163 Å². The van der Waals surface area contributed by atoms with Crippen molar-refractivity contribution in [3.05, 3.63) is 65.7 Å². The molecule has 6 nitrogen and oxygen atoms in total. The Morgan fingerprint density at radius 1 is 1.04 bits per heavy atom. The number of nitrogens with zero attached hydrogens (tertiary/aromatic N) is 4. The highest BCUT2D eigenvalue weighted by Crippen LogP contribution is 2.14. The van der Waals surface area contributed by atoms with Gasteiger partial charge in [0.05, 0.1) is 0 Å². The fourth-order valence-electron chi connectivity index (χ4n) is 2.24. The largest absolute Gasteiger partial charge is 0.489 e. The third-order valence-electron chi connectivity index (χ3n) is 3.59. The highest BCUT2D eigenvalue weighted by Gasteiger charge is 2.02. The van der Waals surface area contributed by atoms with Gasteiger partial charge in [-0.05, 0) is 33.7 Å². The predicted molar refractivity (Wildman–Crippen MR) is 106 cm³/mol. The van der Waals surface area contributed by atoms with Crippen molar-refractivity contribution in [1.82, 2.24) is 25.5 Å². The molecule has 26 heavy (non-hydrogen) atoms. The molecule has 0 saturated carbocycles. The lowest BCUT2D eigenvalue weighted by atomic mass is 10.2. The van der Waals surface area contributed by atoms with Gasteiger partial charge in [-0.25, -0.2) is 4.68 Å². The number of benzene rings is 2. The van der Waals surface area contributed by atoms with Crippen LogP contribution in [0.1, 0.15) is 11.1 Å². The summed E-state index contributed by atoms with van der Waals surface area (Å²) in [5, 5.41) is 15.6. The van der Waals surface area contributed by atoms with Gasteiger partial charge in [-0.15, -0.1) is 17.5 Å². The topological polar surface area (TPSA) is 64.9 Å². The Morgan fingerprint density at radius 3 is 2.50 bits per heavy atom. The first kappa shape index (κ1) is 20.2. The van der Waals surface area contributed by atoms with Crippen molar-refractivity contribution in [2.75, 3.05) is 12.3 Å². The van der Waals surface area contributed by atoms with Crippen LogP contribution in [0.15, 0.2) is 59.8 Å². The molecule has 0 bridgehead atoms. The summed E-state index contributed by atoms with van der Waals surface area (Å²) in [6, 6.07) is 18.4. The SMILES string of the molecule is Cl.Cn1nnnc1SCCNCc1ccc(OCc2ccccc2)cc1. The molecule has 0 spiro atoms. The van der Waals surface area contributed by atoms with Crippen molar-refractivity contribution in [1.29, 1.82) is 0 Å². The highest BCUT2D eigenvalue weighted by molar-refractivity contribution is 7.99. The molecule has 1 N–H and O–H groups in total. The van der Waals surface area contributed by atoms with E-state index in [1.165, 1.54) is 11.1 Å². The van der Waals surface area contributed by atoms with E-state index in [-0.39, 0.29) is 12.4 Å². The summed E-state index contributed by atoms with van der Waals surface area (Å²) in [6.07, 6.45) is 0. The molecule has 0 saturated heterocycles. The first-order valence-electron chi connectivity index (χ1n) is 8.13. The first-order chi connectivity index (χ1) is 12.3. The summed E-state index contributed by atoms with van der Waals surface area (Å²) in [4.78, 5) is 0. The zero-order valence-corrected chi connectivity index (χ0v) is 16.2. The van der Waals surface area contributed by atoms with E-state index in [0.29, 0.717) is 6.61 Å². The molecule has 0 radical (unpaired) electrons. The van der Waals surface area contributed by atoms with Crippen LogP contribution < -0.4 is 10.1 Å². The van der Waals surface area contributed by atoms with Gasteiger partial charge in [0.2, 0.25) is 5.16 Å². The standard InChI is InChI=1S/C18H21N5OS.ClH/c1-23-18(20-21-22-23)25-12-11-19-13-15-7-9-17(10-8-15)24-14-16-5-3-2-4-6-16;/h2-10,19H,11-14H2,1H3;1H. The van der Waals surface area contributed by atoms with Crippen LogP contribution >= 0.6 is 24.2 Å². The second-order valence-corrected chi connectivity index (χ2v) is 6.59. The van der Waals surface area contributed by atoms with Crippen LogP contribution in [-0.2, 0) is 20.2 Å². The van der Waals surface area contributed by atoms with E-state index in [9.17, 15) is 0 Å². The molecule has 0 unspecified atom stereocenters. The smallest absolute Gasteiger partial charge is 0.209 e. The van der Waals surface area contributed by atoms with Crippen molar-refractivity contribution in [3.63, 3.8) is 0 Å². The predicted octanol–water partition coefficient (Wildman–Crippen LogP) is 3.09. The molecule has 0 atom stereocenters. The summed E-state index contributed by atoms with van der Waals surface area (Å²) < 4.78 is 7.48. The van der Waals surface area contributed by atoms with Gasteiger partial charge in [0, 0.05) is 25.9 Å². The lowest BCUT2D eigenvalue weighted by Gasteiger charge is -2.08. The van der Waals surface area contributed by atoms with E-state index in [0.717, 1.165) is 29.7 Å². The molecule has 8 heteroatoms. The molecular formula is C18H22ClN5OS. The Morgan fingerprint density at radius 2 is 1.81 bits per heavy atom. The molecule has 0 amide bonds. The molecular weight excluding hydrogens is 370 g/mol. The number of halogens is 1. The van der Waals surface area contributed by atoms with Gasteiger partial charge in [-0.1, -0.05) is 54.2 Å². The fraction of sp³-hybridized carbons (Fsp3) is 0.278. The Kier molecular flexibility index (Phi) is 8.40. The third kappa shape index (κ3) is 6.33. The maximum absolute atomic E-state index is 5.80. The first-order valence-corrected chi connectivity index (χ1v) is 9.11. The quantitative estimate of drug-likeness (QED) is 0.446. The van der Waals surface area contributed by atoms with Gasteiger partial charge in [-0.2, -0.15) is 0 Å². The van der Waals surface area contributed by atoms with Gasteiger partial charge >= 0.3 is 0 Å². The summed E-state index contributed by atoms with van der Waals surface area (Å²) in [6.45, 7) is 2.31. The van der Waals surface area contributed by atoms with Crippen LogP contribution in [0.25, 0.3) is 0 Å². The molecule has 3 rings (SSSR count). The number of nitrogens with one attached hydrogen (secondary N) is 1. The fourth-order valence-corrected chi connectivity index (χ4v) is 2.98. The number of hydrogen-bond acceptors (Lipinski definition) is 6. The van der Waals surface area contributed by atoms with E-state index in [1.807, 2.05) is 37.4 Å². The van der Waals surface area contributed by atoms with Crippen LogP contribution in [0.5, 0.6) is 5.75 Å². The van der Waals surface area contributed by atoms with E-state index in [1.54, 1.807) is 16.4 Å². The number of aryl methyl sites for hydroxylation is 1. The Balaban J connectivity index is 0.00000243. The van der Waals surface area contributed by atoms with Crippen LogP contribution in [-0.4, -0.2) is 32.5 Å². The number of hydrogen-bond donors (Lipinski definition) is 1. The second-order valence-electron chi connectivity index (χ2n) is 5.53. The van der Waals surface area contributed by atoms with Crippen molar-refractivity contribution >= 4 is 24.2 Å². The number of thioether (sulfide) groups is 1. The minimum Gasteiger partial charge on any atom is -0.489 e. The van der Waals surface area contributed by atoms with E-state index >= 15 is 0 Å². The van der Waals surface area contributed by atoms with Crippen LogP contribution in [0.3, 0.4) is 0 Å². The molecule has 0 aliphatic heterocycles. The van der Waals surface area contributed by atoms with Crippen molar-refractivity contribution in [2.24, 2.45) is 7.05 Å². The summed E-state index contributed by atoms with van der Waals surface area (Å²) in [5.74, 6) is 1.81. The highest BCUT2D eigenvalue weighted by atomic mass is 35.5. The minimum atomic E-state index is 0. The average Bonchev–Trinajstić information content (AvgIpc) is 3.06. The lowest BCUT2D eigenvalue weighted by molar-refractivity contribution is 0.306. The Hall–Kier alpha value is -2.09. The molecule has 2 aromatic carbocycles. The van der Waals surface area contributed by atoms with Gasteiger partial charge in [0.1, 0.15) is 12.4 Å². The maximum Gasteiger partial charge on any atom is 0.209 e. The molecule has 3 aromatic rings. The van der Waals surface area contributed by atoms with E-state index in [4.69, 9.17) is 4.74 Å². The number of ether oxygens (including phenoxy) is 1. The minimum absolute atomic E-state index is 0. The normalized spacial score (nSPS) is 10.3. The second kappa shape index (κ2) is 10.8. The Bertz CT molecular complexity index is 767. The van der Waals surface area contributed by atoms with Gasteiger partial charge in [0.15, 0.2) is 0 Å². The van der Waals surface area contributed by atoms with E-state index < -0.39 is 0 Å². The van der Waals surface area contributed by atoms with Crippen molar-refractivity contribution in [2.45, 2.75) is 18.3 Å². The number of rotatable bonds is 9. The van der Waals surface area contributed by atoms with E-state index in [2.05, 4.69) is 45.1 Å². The van der Waals surface area contributed by atoms with Gasteiger partial charge < -0.3 is 10.1 Å². The molecule has 138 valence electrons. The maximum atomic E-state index is 5.80. The molecule has 0 aliphatic carbocycles. The van der Waals surface area contributed by atoms with Gasteiger partial charge in [-0.3, -0.25) is 0 Å². The molecule has 0 fully saturated rings. The molecule has 1 heterocycles. The monoisotopic (exact) mass is 391 g/mol. The molecule has 0 aliphatic rings. The van der Waals surface area contributed by atoms with Gasteiger partial charge in [0.25, 0.3) is 0 Å². The summed E-state index contributed by atoms with van der Waals surface area (Å²) in [7, 11) is 1.84. The number of tetrazole rings is 1. The summed E-state index contributed by atoms with van der Waals surface area (Å²) >= 11 is 1.64. The van der Waals surface area contributed by atoms with Crippen LogP contribution in [0.4, 0.5) is 0 Å².